The van der Waals surface area contributed by atoms with Gasteiger partial charge in [-0.1, -0.05) is 56.5 Å². The van der Waals surface area contributed by atoms with Gasteiger partial charge in [0.2, 0.25) is 0 Å². The first kappa shape index (κ1) is 34.7. The molecule has 0 unspecified atom stereocenters. The van der Waals surface area contributed by atoms with Crippen molar-refractivity contribution in [3.8, 4) is 5.75 Å². The van der Waals surface area contributed by atoms with Gasteiger partial charge in [0.05, 0.1) is 35.3 Å². The van der Waals surface area contributed by atoms with Crippen LogP contribution < -0.4 is 26.4 Å². The highest BCUT2D eigenvalue weighted by atomic mass is 16.5. The van der Waals surface area contributed by atoms with Gasteiger partial charge in [-0.25, -0.2) is 4.79 Å². The number of anilines is 3. The molecule has 3 aromatic rings. The summed E-state index contributed by atoms with van der Waals surface area (Å²) >= 11 is 0. The SMILES string of the molecule is C[C@@H]1CN([C@H](C)CO)C(=O)c2cccc(NC(=O)NC3CCCCC3)c2O[C@@H]1CN(C)Cc1ccc(C(=O)Nc2ccccc2N)cc1. The van der Waals surface area contributed by atoms with E-state index in [9.17, 15) is 19.5 Å². The van der Waals surface area contributed by atoms with E-state index < -0.39 is 6.04 Å². The van der Waals surface area contributed by atoms with Gasteiger partial charge < -0.3 is 36.4 Å². The normalized spacial score (nSPS) is 19.0. The molecule has 3 aromatic carbocycles. The second-order valence-corrected chi connectivity index (χ2v) is 13.2. The second-order valence-electron chi connectivity index (χ2n) is 13.2. The van der Waals surface area contributed by atoms with E-state index in [1.807, 2.05) is 45.2 Å². The van der Waals surface area contributed by atoms with Crippen molar-refractivity contribution < 1.29 is 24.2 Å². The molecule has 0 radical (unpaired) electrons. The number of para-hydroxylation sites is 3. The smallest absolute Gasteiger partial charge is 0.319 e. The zero-order valence-corrected chi connectivity index (χ0v) is 28.1. The Morgan fingerprint density at radius 1 is 1.00 bits per heavy atom. The number of aliphatic hydroxyl groups excluding tert-OH is 1. The van der Waals surface area contributed by atoms with Crippen LogP contribution in [0.1, 0.15) is 72.2 Å². The molecular weight excluding hydrogens is 608 g/mol. The number of nitrogens with zero attached hydrogens (tertiary/aromatic N) is 2. The third-order valence-corrected chi connectivity index (χ3v) is 9.25. The minimum Gasteiger partial charge on any atom is -0.486 e. The average Bonchev–Trinajstić information content (AvgIpc) is 3.08. The average molecular weight is 657 g/mol. The molecule has 0 aromatic heterocycles. The van der Waals surface area contributed by atoms with Crippen LogP contribution >= 0.6 is 0 Å². The maximum absolute atomic E-state index is 13.8. The van der Waals surface area contributed by atoms with Gasteiger partial charge in [-0.15, -0.1) is 0 Å². The lowest BCUT2D eigenvalue weighted by Crippen LogP contribution is -2.50. The van der Waals surface area contributed by atoms with Crippen LogP contribution in [0.4, 0.5) is 21.9 Å². The molecule has 6 N–H and O–H groups in total. The predicted molar refractivity (Wildman–Crippen MR) is 188 cm³/mol. The third kappa shape index (κ3) is 8.64. The van der Waals surface area contributed by atoms with Crippen molar-refractivity contribution in [3.63, 3.8) is 0 Å². The van der Waals surface area contributed by atoms with Crippen LogP contribution in [0.15, 0.2) is 66.7 Å². The number of rotatable bonds is 10. The topological polar surface area (TPSA) is 149 Å². The van der Waals surface area contributed by atoms with E-state index in [4.69, 9.17) is 10.5 Å². The maximum Gasteiger partial charge on any atom is 0.319 e. The number of hydrogen-bond donors (Lipinski definition) is 5. The molecule has 48 heavy (non-hydrogen) atoms. The maximum atomic E-state index is 13.8. The number of amides is 4. The van der Waals surface area contributed by atoms with E-state index in [2.05, 4.69) is 20.9 Å². The van der Waals surface area contributed by atoms with Gasteiger partial charge in [0.1, 0.15) is 6.10 Å². The van der Waals surface area contributed by atoms with Crippen LogP contribution in [0, 0.1) is 5.92 Å². The van der Waals surface area contributed by atoms with Gasteiger partial charge in [-0.05, 0) is 68.8 Å². The number of carbonyl (C=O) groups excluding carboxylic acids is 3. The number of fused-ring (bicyclic) bond motifs is 1. The molecule has 1 heterocycles. The number of carbonyl (C=O) groups is 3. The van der Waals surface area contributed by atoms with Crippen LogP contribution in [0.5, 0.6) is 5.75 Å². The molecule has 1 saturated carbocycles. The summed E-state index contributed by atoms with van der Waals surface area (Å²) in [6, 6.07) is 19.2. The zero-order chi connectivity index (χ0) is 34.2. The Morgan fingerprint density at radius 2 is 1.71 bits per heavy atom. The van der Waals surface area contributed by atoms with E-state index in [0.717, 1.165) is 31.2 Å². The summed E-state index contributed by atoms with van der Waals surface area (Å²) in [6.07, 6.45) is 4.94. The van der Waals surface area contributed by atoms with E-state index >= 15 is 0 Å². The highest BCUT2D eigenvalue weighted by Gasteiger charge is 2.34. The van der Waals surface area contributed by atoms with Crippen molar-refractivity contribution in [3.05, 3.63) is 83.4 Å². The summed E-state index contributed by atoms with van der Waals surface area (Å²) in [7, 11) is 2.00. The largest absolute Gasteiger partial charge is 0.486 e. The van der Waals surface area contributed by atoms with Crippen LogP contribution in [-0.2, 0) is 6.54 Å². The van der Waals surface area contributed by atoms with Gasteiger partial charge in [0.25, 0.3) is 11.8 Å². The van der Waals surface area contributed by atoms with Crippen LogP contribution in [0.3, 0.4) is 0 Å². The molecule has 11 heteroatoms. The number of urea groups is 1. The molecule has 4 amide bonds. The van der Waals surface area contributed by atoms with E-state index in [0.29, 0.717) is 53.6 Å². The first-order valence-corrected chi connectivity index (χ1v) is 16.8. The standard InChI is InChI=1S/C37H48N6O5/c1-24-20-43(25(2)23-44)36(46)29-12-9-15-32(41-37(47)39-28-10-5-4-6-11-28)34(29)48-33(24)22-42(3)21-26-16-18-27(19-17-26)35(45)40-31-14-8-7-13-30(31)38/h7-9,12-19,24-25,28,33,44H,4-6,10-11,20-23,38H2,1-3H3,(H,40,45)(H2,39,41,47)/t24-,25-,33-/m1/s1. The first-order chi connectivity index (χ1) is 23.1. The summed E-state index contributed by atoms with van der Waals surface area (Å²) in [4.78, 5) is 43.5. The lowest BCUT2D eigenvalue weighted by molar-refractivity contribution is 0.0343. The fourth-order valence-corrected chi connectivity index (χ4v) is 6.40. The molecule has 0 spiro atoms. The molecule has 2 aliphatic rings. The summed E-state index contributed by atoms with van der Waals surface area (Å²) in [5.74, 6) is -0.258. The molecular formula is C37H48N6O5. The van der Waals surface area contributed by atoms with Crippen LogP contribution in [0.2, 0.25) is 0 Å². The molecule has 11 nitrogen and oxygen atoms in total. The fraction of sp³-hybridized carbons (Fsp3) is 0.432. The Labute approximate surface area is 282 Å². The highest BCUT2D eigenvalue weighted by molar-refractivity contribution is 6.05. The van der Waals surface area contributed by atoms with Gasteiger partial charge in [-0.2, -0.15) is 0 Å². The Morgan fingerprint density at radius 3 is 2.42 bits per heavy atom. The van der Waals surface area contributed by atoms with Crippen molar-refractivity contribution in [2.24, 2.45) is 5.92 Å². The summed E-state index contributed by atoms with van der Waals surface area (Å²) in [5.41, 5.74) is 9.35. The molecule has 1 fully saturated rings. The van der Waals surface area contributed by atoms with Crippen LogP contribution in [0.25, 0.3) is 0 Å². The molecule has 5 rings (SSSR count). The minimum atomic E-state index is -0.399. The van der Waals surface area contributed by atoms with Gasteiger partial charge >= 0.3 is 6.03 Å². The molecule has 0 saturated heterocycles. The molecule has 1 aliphatic carbocycles. The quantitative estimate of drug-likeness (QED) is 0.185. The van der Waals surface area contributed by atoms with Gasteiger partial charge in [0.15, 0.2) is 5.75 Å². The molecule has 3 atom stereocenters. The number of nitrogen functional groups attached to an aromatic ring is 1. The van der Waals surface area contributed by atoms with Crippen molar-refractivity contribution in [1.29, 1.82) is 0 Å². The lowest BCUT2D eigenvalue weighted by atomic mass is 9.96. The van der Waals surface area contributed by atoms with Gasteiger partial charge in [0, 0.05) is 37.2 Å². The highest BCUT2D eigenvalue weighted by Crippen LogP contribution is 2.35. The number of ether oxygens (including phenoxy) is 1. The third-order valence-electron chi connectivity index (χ3n) is 9.25. The van der Waals surface area contributed by atoms with E-state index in [1.165, 1.54) is 6.42 Å². The Kier molecular flexibility index (Phi) is 11.6. The first-order valence-electron chi connectivity index (χ1n) is 16.8. The van der Waals surface area contributed by atoms with E-state index in [1.54, 1.807) is 47.4 Å². The Bertz CT molecular complexity index is 1570. The number of aliphatic hydroxyl groups is 1. The van der Waals surface area contributed by atoms with E-state index in [-0.39, 0.29) is 42.5 Å². The number of nitrogens with one attached hydrogen (secondary N) is 3. The number of hydrogen-bond acceptors (Lipinski definition) is 7. The summed E-state index contributed by atoms with van der Waals surface area (Å²) < 4.78 is 6.67. The zero-order valence-electron chi connectivity index (χ0n) is 28.1. The number of benzene rings is 3. The second kappa shape index (κ2) is 16.0. The predicted octanol–water partition coefficient (Wildman–Crippen LogP) is 5.33. The lowest BCUT2D eigenvalue weighted by Gasteiger charge is -2.38. The van der Waals surface area contributed by atoms with Gasteiger partial charge in [-0.3, -0.25) is 14.5 Å². The van der Waals surface area contributed by atoms with Crippen molar-refractivity contribution in [2.75, 3.05) is 43.1 Å². The molecule has 256 valence electrons. The van der Waals surface area contributed by atoms with Crippen LogP contribution in [-0.4, -0.2) is 77.7 Å². The Balaban J connectivity index is 1.31. The van der Waals surface area contributed by atoms with Crippen molar-refractivity contribution in [1.82, 2.24) is 15.1 Å². The summed E-state index contributed by atoms with van der Waals surface area (Å²) in [6.45, 7) is 5.20. The number of likely N-dealkylation sites (N-methyl/N-ethyl adjacent to an activating group) is 1. The van der Waals surface area contributed by atoms with Crippen molar-refractivity contribution in [2.45, 2.75) is 70.7 Å². The monoisotopic (exact) mass is 656 g/mol. The molecule has 0 bridgehead atoms. The fourth-order valence-electron chi connectivity index (χ4n) is 6.40. The minimum absolute atomic E-state index is 0.0980. The summed E-state index contributed by atoms with van der Waals surface area (Å²) in [5, 5.41) is 18.9. The Hall–Kier alpha value is -4.61. The number of nitrogens with two attached hydrogens (primary N) is 1. The molecule has 1 aliphatic heterocycles. The van der Waals surface area contributed by atoms with Crippen molar-refractivity contribution >= 4 is 34.9 Å².